The number of carbonyl (C=O) groups excluding carboxylic acids is 1. The van der Waals surface area contributed by atoms with E-state index < -0.39 is 0 Å². The summed E-state index contributed by atoms with van der Waals surface area (Å²) in [6.07, 6.45) is 1.02. The van der Waals surface area contributed by atoms with Crippen molar-refractivity contribution in [2.45, 2.75) is 20.3 Å². The van der Waals surface area contributed by atoms with Gasteiger partial charge in [0.05, 0.1) is 6.61 Å². The zero-order valence-corrected chi connectivity index (χ0v) is 13.6. The van der Waals surface area contributed by atoms with Gasteiger partial charge >= 0.3 is 0 Å². The number of anilines is 1. The molecule has 3 nitrogen and oxygen atoms in total. The van der Waals surface area contributed by atoms with Crippen LogP contribution in [0.1, 0.15) is 30.6 Å². The van der Waals surface area contributed by atoms with Gasteiger partial charge in [-0.15, -0.1) is 0 Å². The fourth-order valence-electron chi connectivity index (χ4n) is 1.85. The maximum atomic E-state index is 12.1. The molecule has 2 rings (SSSR count). The van der Waals surface area contributed by atoms with Gasteiger partial charge in [0.1, 0.15) is 5.75 Å². The third-order valence-corrected chi connectivity index (χ3v) is 3.43. The zero-order chi connectivity index (χ0) is 15.9. The summed E-state index contributed by atoms with van der Waals surface area (Å²) in [6, 6.07) is 14.2. The van der Waals surface area contributed by atoms with Gasteiger partial charge in [-0.05, 0) is 60.9 Å². The monoisotopic (exact) mass is 317 g/mol. The Labute approximate surface area is 136 Å². The molecule has 2 aromatic carbocycles. The predicted molar refractivity (Wildman–Crippen MR) is 90.8 cm³/mol. The number of benzene rings is 2. The highest BCUT2D eigenvalue weighted by molar-refractivity contribution is 6.30. The standard InChI is InChI=1S/C18H20ClNO2/c1-13(2)11-12-22-17-9-7-16(8-10-17)20-18(21)14-3-5-15(19)6-4-14/h3-10,13H,11-12H2,1-2H3,(H,20,21). The quantitative estimate of drug-likeness (QED) is 0.812. The normalized spacial score (nSPS) is 10.5. The van der Waals surface area contributed by atoms with Crippen molar-refractivity contribution in [1.29, 1.82) is 0 Å². The summed E-state index contributed by atoms with van der Waals surface area (Å²) in [5.74, 6) is 1.27. The lowest BCUT2D eigenvalue weighted by atomic mass is 10.1. The summed E-state index contributed by atoms with van der Waals surface area (Å²) in [5, 5.41) is 3.45. The van der Waals surface area contributed by atoms with Crippen LogP contribution in [-0.2, 0) is 0 Å². The van der Waals surface area contributed by atoms with Crippen molar-refractivity contribution in [3.63, 3.8) is 0 Å². The van der Waals surface area contributed by atoms with Crippen LogP contribution in [0.4, 0.5) is 5.69 Å². The SMILES string of the molecule is CC(C)CCOc1ccc(NC(=O)c2ccc(Cl)cc2)cc1. The molecule has 2 aromatic rings. The minimum Gasteiger partial charge on any atom is -0.494 e. The van der Waals surface area contributed by atoms with Crippen LogP contribution in [0.5, 0.6) is 5.75 Å². The molecule has 0 bridgehead atoms. The van der Waals surface area contributed by atoms with E-state index in [2.05, 4.69) is 19.2 Å². The maximum Gasteiger partial charge on any atom is 0.255 e. The molecular weight excluding hydrogens is 298 g/mol. The number of carbonyl (C=O) groups is 1. The molecule has 0 radical (unpaired) electrons. The molecule has 0 atom stereocenters. The molecule has 0 aliphatic carbocycles. The smallest absolute Gasteiger partial charge is 0.255 e. The minimum absolute atomic E-state index is 0.162. The van der Waals surface area contributed by atoms with Gasteiger partial charge in [0.2, 0.25) is 0 Å². The molecule has 0 unspecified atom stereocenters. The summed E-state index contributed by atoms with van der Waals surface area (Å²) in [6.45, 7) is 5.03. The lowest BCUT2D eigenvalue weighted by Gasteiger charge is -2.09. The first-order chi connectivity index (χ1) is 10.5. The van der Waals surface area contributed by atoms with Crippen LogP contribution < -0.4 is 10.1 Å². The van der Waals surface area contributed by atoms with Gasteiger partial charge in [-0.2, -0.15) is 0 Å². The Morgan fingerprint density at radius 1 is 1.09 bits per heavy atom. The van der Waals surface area contributed by atoms with Crippen molar-refractivity contribution in [3.05, 3.63) is 59.1 Å². The van der Waals surface area contributed by atoms with E-state index >= 15 is 0 Å². The van der Waals surface area contributed by atoms with E-state index in [4.69, 9.17) is 16.3 Å². The molecule has 22 heavy (non-hydrogen) atoms. The molecule has 1 amide bonds. The largest absolute Gasteiger partial charge is 0.494 e. The summed E-state index contributed by atoms with van der Waals surface area (Å²) < 4.78 is 5.65. The first kappa shape index (κ1) is 16.4. The van der Waals surface area contributed by atoms with Gasteiger partial charge in [-0.3, -0.25) is 4.79 Å². The highest BCUT2D eigenvalue weighted by Gasteiger charge is 2.06. The molecule has 116 valence electrons. The Hall–Kier alpha value is -2.00. The van der Waals surface area contributed by atoms with Crippen molar-refractivity contribution in [2.75, 3.05) is 11.9 Å². The fourth-order valence-corrected chi connectivity index (χ4v) is 1.98. The number of hydrogen-bond acceptors (Lipinski definition) is 2. The number of amides is 1. The Bertz CT molecular complexity index is 606. The third kappa shape index (κ3) is 5.08. The van der Waals surface area contributed by atoms with Crippen molar-refractivity contribution in [2.24, 2.45) is 5.92 Å². The van der Waals surface area contributed by atoms with E-state index in [-0.39, 0.29) is 5.91 Å². The van der Waals surface area contributed by atoms with Crippen molar-refractivity contribution < 1.29 is 9.53 Å². The maximum absolute atomic E-state index is 12.1. The summed E-state index contributed by atoms with van der Waals surface area (Å²) >= 11 is 5.81. The molecule has 1 N–H and O–H groups in total. The van der Waals surface area contributed by atoms with Gasteiger partial charge in [0, 0.05) is 16.3 Å². The van der Waals surface area contributed by atoms with E-state index in [1.54, 1.807) is 24.3 Å². The van der Waals surface area contributed by atoms with Crippen molar-refractivity contribution in [1.82, 2.24) is 0 Å². The average Bonchev–Trinajstić information content (AvgIpc) is 2.49. The van der Waals surface area contributed by atoms with E-state index in [1.807, 2.05) is 24.3 Å². The first-order valence-electron chi connectivity index (χ1n) is 7.34. The molecule has 4 heteroatoms. The van der Waals surface area contributed by atoms with Crippen LogP contribution in [0.15, 0.2) is 48.5 Å². The molecule has 0 saturated heterocycles. The zero-order valence-electron chi connectivity index (χ0n) is 12.8. The molecule has 0 aliphatic rings. The van der Waals surface area contributed by atoms with Crippen molar-refractivity contribution >= 4 is 23.2 Å². The molecule has 0 aromatic heterocycles. The van der Waals surface area contributed by atoms with Crippen LogP contribution in [0.25, 0.3) is 0 Å². The molecular formula is C18H20ClNO2. The molecule has 0 fully saturated rings. The third-order valence-electron chi connectivity index (χ3n) is 3.18. The van der Waals surface area contributed by atoms with Crippen LogP contribution in [-0.4, -0.2) is 12.5 Å². The number of rotatable bonds is 6. The first-order valence-corrected chi connectivity index (χ1v) is 7.72. The second-order valence-corrected chi connectivity index (χ2v) is 5.95. The van der Waals surface area contributed by atoms with Gasteiger partial charge in [-0.25, -0.2) is 0 Å². The Morgan fingerprint density at radius 2 is 1.73 bits per heavy atom. The number of hydrogen-bond donors (Lipinski definition) is 1. The van der Waals surface area contributed by atoms with Crippen LogP contribution in [0.2, 0.25) is 5.02 Å². The predicted octanol–water partition coefficient (Wildman–Crippen LogP) is 5.02. The van der Waals surface area contributed by atoms with Crippen LogP contribution in [0, 0.1) is 5.92 Å². The second kappa shape index (κ2) is 7.85. The molecule has 0 heterocycles. The number of halogens is 1. The molecule has 0 aliphatic heterocycles. The minimum atomic E-state index is -0.162. The fraction of sp³-hybridized carbons (Fsp3) is 0.278. The lowest BCUT2D eigenvalue weighted by Crippen LogP contribution is -2.11. The van der Waals surface area contributed by atoms with E-state index in [0.29, 0.717) is 23.1 Å². The van der Waals surface area contributed by atoms with Crippen LogP contribution in [0.3, 0.4) is 0 Å². The highest BCUT2D eigenvalue weighted by atomic mass is 35.5. The van der Waals surface area contributed by atoms with Crippen LogP contribution >= 0.6 is 11.6 Å². The Kier molecular flexibility index (Phi) is 5.84. The summed E-state index contributed by atoms with van der Waals surface area (Å²) in [7, 11) is 0. The van der Waals surface area contributed by atoms with Gasteiger partial charge in [0.15, 0.2) is 0 Å². The number of ether oxygens (including phenoxy) is 1. The van der Waals surface area contributed by atoms with E-state index in [1.165, 1.54) is 0 Å². The van der Waals surface area contributed by atoms with E-state index in [9.17, 15) is 4.79 Å². The average molecular weight is 318 g/mol. The van der Waals surface area contributed by atoms with Crippen molar-refractivity contribution in [3.8, 4) is 5.75 Å². The lowest BCUT2D eigenvalue weighted by molar-refractivity contribution is 0.102. The Morgan fingerprint density at radius 3 is 2.32 bits per heavy atom. The molecule has 0 saturated carbocycles. The van der Waals surface area contributed by atoms with E-state index in [0.717, 1.165) is 17.9 Å². The van der Waals surface area contributed by atoms with Gasteiger partial charge in [-0.1, -0.05) is 25.4 Å². The summed E-state index contributed by atoms with van der Waals surface area (Å²) in [5.41, 5.74) is 1.30. The topological polar surface area (TPSA) is 38.3 Å². The second-order valence-electron chi connectivity index (χ2n) is 5.52. The van der Waals surface area contributed by atoms with Gasteiger partial charge < -0.3 is 10.1 Å². The summed E-state index contributed by atoms with van der Waals surface area (Å²) in [4.78, 5) is 12.1. The number of nitrogens with one attached hydrogen (secondary N) is 1. The Balaban J connectivity index is 1.90. The van der Waals surface area contributed by atoms with Gasteiger partial charge in [0.25, 0.3) is 5.91 Å². The highest BCUT2D eigenvalue weighted by Crippen LogP contribution is 2.18. The molecule has 0 spiro atoms.